The molecule has 1 aliphatic heterocycles. The van der Waals surface area contributed by atoms with Gasteiger partial charge in [0, 0.05) is 6.54 Å². The number of amides is 3. The molecule has 1 aromatic carbocycles. The SMILES string of the molecule is Cc1cc(C)cc(OCCCN2C(=O)NC(C)(C3CC3)C2=O)c1. The van der Waals surface area contributed by atoms with E-state index < -0.39 is 5.54 Å². The van der Waals surface area contributed by atoms with Crippen LogP contribution >= 0.6 is 0 Å². The summed E-state index contributed by atoms with van der Waals surface area (Å²) in [4.78, 5) is 25.9. The summed E-state index contributed by atoms with van der Waals surface area (Å²) >= 11 is 0. The van der Waals surface area contributed by atoms with Gasteiger partial charge in [0.15, 0.2) is 0 Å². The largest absolute Gasteiger partial charge is 0.494 e. The summed E-state index contributed by atoms with van der Waals surface area (Å²) in [5.74, 6) is 1.05. The zero-order valence-corrected chi connectivity index (χ0v) is 14.0. The van der Waals surface area contributed by atoms with Crippen molar-refractivity contribution in [3.63, 3.8) is 0 Å². The van der Waals surface area contributed by atoms with E-state index >= 15 is 0 Å². The summed E-state index contributed by atoms with van der Waals surface area (Å²) in [6.07, 6.45) is 2.67. The highest BCUT2D eigenvalue weighted by Gasteiger charge is 2.55. The Balaban J connectivity index is 1.51. The predicted molar refractivity (Wildman–Crippen MR) is 87.4 cm³/mol. The molecule has 2 fully saturated rings. The molecule has 1 saturated heterocycles. The van der Waals surface area contributed by atoms with E-state index in [1.54, 1.807) is 0 Å². The summed E-state index contributed by atoms with van der Waals surface area (Å²) in [5, 5.41) is 2.86. The first-order chi connectivity index (χ1) is 10.9. The molecule has 1 aliphatic carbocycles. The number of carbonyl (C=O) groups excluding carboxylic acids is 2. The number of carbonyl (C=O) groups is 2. The zero-order chi connectivity index (χ0) is 16.6. The van der Waals surface area contributed by atoms with Gasteiger partial charge in [0.1, 0.15) is 11.3 Å². The topological polar surface area (TPSA) is 58.6 Å². The molecular formula is C18H24N2O3. The Bertz CT molecular complexity index is 619. The fraction of sp³-hybridized carbons (Fsp3) is 0.556. The Morgan fingerprint density at radius 2 is 1.87 bits per heavy atom. The molecule has 23 heavy (non-hydrogen) atoms. The van der Waals surface area contributed by atoms with Gasteiger partial charge in [0.2, 0.25) is 0 Å². The van der Waals surface area contributed by atoms with Gasteiger partial charge >= 0.3 is 6.03 Å². The quantitative estimate of drug-likeness (QED) is 0.648. The molecule has 5 nitrogen and oxygen atoms in total. The zero-order valence-electron chi connectivity index (χ0n) is 14.0. The van der Waals surface area contributed by atoms with Gasteiger partial charge in [0.05, 0.1) is 6.61 Å². The van der Waals surface area contributed by atoms with Crippen LogP contribution in [0.1, 0.15) is 37.3 Å². The highest BCUT2D eigenvalue weighted by atomic mass is 16.5. The van der Waals surface area contributed by atoms with E-state index in [9.17, 15) is 9.59 Å². The monoisotopic (exact) mass is 316 g/mol. The molecule has 124 valence electrons. The highest BCUT2D eigenvalue weighted by Crippen LogP contribution is 2.42. The van der Waals surface area contributed by atoms with Crippen molar-refractivity contribution < 1.29 is 14.3 Å². The van der Waals surface area contributed by atoms with Crippen molar-refractivity contribution in [1.29, 1.82) is 0 Å². The van der Waals surface area contributed by atoms with E-state index in [1.807, 2.05) is 32.9 Å². The van der Waals surface area contributed by atoms with Crippen LogP contribution in [0.4, 0.5) is 4.79 Å². The number of nitrogens with zero attached hydrogens (tertiary/aromatic N) is 1. The van der Waals surface area contributed by atoms with Crippen LogP contribution in [-0.2, 0) is 4.79 Å². The normalized spacial score (nSPS) is 24.0. The number of hydrogen-bond acceptors (Lipinski definition) is 3. The van der Waals surface area contributed by atoms with Crippen molar-refractivity contribution in [1.82, 2.24) is 10.2 Å². The van der Waals surface area contributed by atoms with Gasteiger partial charge in [-0.25, -0.2) is 4.79 Å². The summed E-state index contributed by atoms with van der Waals surface area (Å²) < 4.78 is 5.74. The Morgan fingerprint density at radius 1 is 1.22 bits per heavy atom. The van der Waals surface area contributed by atoms with Gasteiger partial charge in [-0.15, -0.1) is 0 Å². The number of rotatable bonds is 6. The molecule has 1 unspecified atom stereocenters. The van der Waals surface area contributed by atoms with Gasteiger partial charge in [-0.1, -0.05) is 6.07 Å². The summed E-state index contributed by atoms with van der Waals surface area (Å²) in [6, 6.07) is 5.81. The number of aryl methyl sites for hydroxylation is 2. The fourth-order valence-electron chi connectivity index (χ4n) is 3.29. The van der Waals surface area contributed by atoms with E-state index in [2.05, 4.69) is 11.4 Å². The summed E-state index contributed by atoms with van der Waals surface area (Å²) in [5.41, 5.74) is 1.63. The average Bonchev–Trinajstić information content (AvgIpc) is 3.27. The first-order valence-corrected chi connectivity index (χ1v) is 8.25. The smallest absolute Gasteiger partial charge is 0.325 e. The molecule has 1 N–H and O–H groups in total. The van der Waals surface area contributed by atoms with Crippen LogP contribution in [0.3, 0.4) is 0 Å². The lowest BCUT2D eigenvalue weighted by Crippen LogP contribution is -2.46. The molecule has 0 bridgehead atoms. The van der Waals surface area contributed by atoms with Gasteiger partial charge in [-0.05, 0) is 69.2 Å². The molecular weight excluding hydrogens is 292 g/mol. The third kappa shape index (κ3) is 3.19. The van der Waals surface area contributed by atoms with E-state index in [4.69, 9.17) is 4.74 Å². The van der Waals surface area contributed by atoms with Crippen LogP contribution in [0, 0.1) is 19.8 Å². The Labute approximate surface area is 137 Å². The molecule has 3 rings (SSSR count). The third-order valence-corrected chi connectivity index (χ3v) is 4.69. The van der Waals surface area contributed by atoms with Crippen LogP contribution in [0.5, 0.6) is 5.75 Å². The van der Waals surface area contributed by atoms with Crippen molar-refractivity contribution in [2.75, 3.05) is 13.2 Å². The molecule has 0 aromatic heterocycles. The third-order valence-electron chi connectivity index (χ3n) is 4.69. The summed E-state index contributed by atoms with van der Waals surface area (Å²) in [6.45, 7) is 6.80. The van der Waals surface area contributed by atoms with Crippen LogP contribution in [0.2, 0.25) is 0 Å². The second-order valence-corrected chi connectivity index (χ2v) is 6.89. The molecule has 1 saturated carbocycles. The minimum absolute atomic E-state index is 0.0867. The summed E-state index contributed by atoms with van der Waals surface area (Å²) in [7, 11) is 0. The molecule has 1 heterocycles. The Morgan fingerprint density at radius 3 is 2.48 bits per heavy atom. The number of imide groups is 1. The second kappa shape index (κ2) is 5.87. The Hall–Kier alpha value is -2.04. The second-order valence-electron chi connectivity index (χ2n) is 6.89. The molecule has 1 aromatic rings. The van der Waals surface area contributed by atoms with Gasteiger partial charge in [-0.2, -0.15) is 0 Å². The molecule has 5 heteroatoms. The van der Waals surface area contributed by atoms with E-state index in [0.717, 1.165) is 29.7 Å². The lowest BCUT2D eigenvalue weighted by molar-refractivity contribution is -0.131. The molecule has 0 radical (unpaired) electrons. The molecule has 2 aliphatic rings. The average molecular weight is 316 g/mol. The van der Waals surface area contributed by atoms with Crippen LogP contribution in [0.15, 0.2) is 18.2 Å². The first-order valence-electron chi connectivity index (χ1n) is 8.25. The number of hydrogen-bond donors (Lipinski definition) is 1. The first kappa shape index (κ1) is 15.8. The van der Waals surface area contributed by atoms with Crippen molar-refractivity contribution in [3.8, 4) is 5.75 Å². The molecule has 3 amide bonds. The maximum absolute atomic E-state index is 12.5. The maximum atomic E-state index is 12.5. The van der Waals surface area contributed by atoms with Gasteiger partial charge in [0.25, 0.3) is 5.91 Å². The predicted octanol–water partition coefficient (Wildman–Crippen LogP) is 2.79. The van der Waals surface area contributed by atoms with Crippen molar-refractivity contribution in [3.05, 3.63) is 29.3 Å². The number of ether oxygens (including phenoxy) is 1. The number of nitrogens with one attached hydrogen (secondary N) is 1. The molecule has 0 spiro atoms. The van der Waals surface area contributed by atoms with E-state index in [1.165, 1.54) is 4.90 Å². The van der Waals surface area contributed by atoms with Crippen molar-refractivity contribution >= 4 is 11.9 Å². The van der Waals surface area contributed by atoms with Gasteiger partial charge in [-0.3, -0.25) is 9.69 Å². The van der Waals surface area contributed by atoms with Crippen LogP contribution < -0.4 is 10.1 Å². The lowest BCUT2D eigenvalue weighted by atomic mass is 9.96. The Kier molecular flexibility index (Phi) is 4.04. The van der Waals surface area contributed by atoms with Gasteiger partial charge < -0.3 is 10.1 Å². The fourth-order valence-corrected chi connectivity index (χ4v) is 3.29. The highest BCUT2D eigenvalue weighted by molar-refractivity contribution is 6.07. The number of benzene rings is 1. The van der Waals surface area contributed by atoms with E-state index in [0.29, 0.717) is 25.5 Å². The number of urea groups is 1. The minimum Gasteiger partial charge on any atom is -0.494 e. The standard InChI is InChI=1S/C18H24N2O3/c1-12-9-13(2)11-15(10-12)23-8-4-7-20-16(21)18(3,14-5-6-14)19-17(20)22/h9-11,14H,4-8H2,1-3H3,(H,19,22). The molecule has 1 atom stereocenters. The maximum Gasteiger partial charge on any atom is 0.325 e. The van der Waals surface area contributed by atoms with Crippen LogP contribution in [-0.4, -0.2) is 35.5 Å². The van der Waals surface area contributed by atoms with Crippen molar-refractivity contribution in [2.45, 2.75) is 45.6 Å². The van der Waals surface area contributed by atoms with Crippen molar-refractivity contribution in [2.24, 2.45) is 5.92 Å². The van der Waals surface area contributed by atoms with Crippen LogP contribution in [0.25, 0.3) is 0 Å². The lowest BCUT2D eigenvalue weighted by Gasteiger charge is -2.21. The van der Waals surface area contributed by atoms with E-state index in [-0.39, 0.29) is 11.9 Å². The minimum atomic E-state index is -0.689.